The largest absolute Gasteiger partial charge is 0.502 e. The zero-order valence-electron chi connectivity index (χ0n) is 18.5. The number of aromatic hydroxyl groups is 1. The number of hydrogen-bond acceptors (Lipinski definition) is 6. The third-order valence-corrected chi connectivity index (χ3v) is 5.20. The first kappa shape index (κ1) is 25.6. The Morgan fingerprint density at radius 1 is 1.09 bits per heavy atom. The highest BCUT2D eigenvalue weighted by atomic mass is 19.3. The van der Waals surface area contributed by atoms with Crippen LogP contribution in [0.3, 0.4) is 0 Å². The predicted octanol–water partition coefficient (Wildman–Crippen LogP) is 1.57. The molecule has 8 nitrogen and oxygen atoms in total. The van der Waals surface area contributed by atoms with Crippen LogP contribution in [-0.4, -0.2) is 45.6 Å². The summed E-state index contributed by atoms with van der Waals surface area (Å²) >= 11 is 0. The molecule has 0 aliphatic heterocycles. The molecule has 182 valence electrons. The first-order chi connectivity index (χ1) is 16.8. The number of amides is 1. The van der Waals surface area contributed by atoms with Gasteiger partial charge in [-0.1, -0.05) is 36.1 Å². The summed E-state index contributed by atoms with van der Waals surface area (Å²) in [6.07, 6.45) is -2.43. The van der Waals surface area contributed by atoms with Gasteiger partial charge in [0, 0.05) is 17.7 Å². The van der Waals surface area contributed by atoms with Crippen LogP contribution >= 0.6 is 0 Å². The summed E-state index contributed by atoms with van der Waals surface area (Å²) in [5, 5.41) is 22.0. The van der Waals surface area contributed by atoms with Crippen molar-refractivity contribution in [1.82, 2.24) is 15.3 Å². The number of nitrogens with zero attached hydrogens (tertiary/aromatic N) is 1. The lowest BCUT2D eigenvalue weighted by atomic mass is 9.94. The van der Waals surface area contributed by atoms with Gasteiger partial charge in [-0.2, -0.15) is 0 Å². The number of aromatic nitrogens is 2. The van der Waals surface area contributed by atoms with E-state index in [0.29, 0.717) is 16.7 Å². The summed E-state index contributed by atoms with van der Waals surface area (Å²) in [4.78, 5) is 30.4. The van der Waals surface area contributed by atoms with E-state index in [1.807, 2.05) is 0 Å². The molecule has 0 radical (unpaired) electrons. The number of rotatable bonds is 8. The van der Waals surface area contributed by atoms with Gasteiger partial charge in [-0.3, -0.25) is 9.59 Å². The molecule has 1 heterocycles. The van der Waals surface area contributed by atoms with Crippen molar-refractivity contribution in [3.05, 3.63) is 93.2 Å². The number of carbonyl (C=O) groups excluding carboxylic acids is 1. The number of alkyl halides is 2. The van der Waals surface area contributed by atoms with E-state index in [2.05, 4.69) is 27.1 Å². The van der Waals surface area contributed by atoms with Gasteiger partial charge in [-0.25, -0.2) is 13.8 Å². The van der Waals surface area contributed by atoms with Crippen molar-refractivity contribution in [3.63, 3.8) is 0 Å². The molecule has 0 aliphatic carbocycles. The van der Waals surface area contributed by atoms with Gasteiger partial charge >= 0.3 is 0 Å². The third kappa shape index (κ3) is 6.96. The van der Waals surface area contributed by atoms with Crippen LogP contribution in [0.15, 0.2) is 59.7 Å². The quantitative estimate of drug-likeness (QED) is 0.309. The predicted molar refractivity (Wildman–Crippen MR) is 125 cm³/mol. The van der Waals surface area contributed by atoms with Crippen LogP contribution in [0.1, 0.15) is 40.0 Å². The number of nitrogens with two attached hydrogens (primary N) is 1. The summed E-state index contributed by atoms with van der Waals surface area (Å²) in [5.74, 6) is 3.34. The molecule has 3 rings (SSSR count). The normalized spacial score (nSPS) is 12.5. The summed E-state index contributed by atoms with van der Waals surface area (Å²) in [5.41, 5.74) is 7.20. The van der Waals surface area contributed by atoms with Gasteiger partial charge in [0.2, 0.25) is 11.7 Å². The molecule has 0 spiro atoms. The molecule has 3 aromatic rings. The topological polar surface area (TPSA) is 141 Å². The van der Waals surface area contributed by atoms with E-state index in [1.165, 1.54) is 0 Å². The van der Waals surface area contributed by atoms with E-state index in [4.69, 9.17) is 5.73 Å². The fourth-order valence-corrected chi connectivity index (χ4v) is 3.30. The summed E-state index contributed by atoms with van der Waals surface area (Å²) in [7, 11) is 0. The second kappa shape index (κ2) is 11.9. The Bertz CT molecular complexity index is 1270. The van der Waals surface area contributed by atoms with Crippen molar-refractivity contribution >= 4 is 5.91 Å². The number of aromatic amines is 1. The van der Waals surface area contributed by atoms with Crippen molar-refractivity contribution in [2.75, 3.05) is 13.1 Å². The van der Waals surface area contributed by atoms with Gasteiger partial charge in [0.05, 0.1) is 24.9 Å². The molecule has 2 atom stereocenters. The fraction of sp³-hybridized carbons (Fsp3) is 0.240. The Balaban J connectivity index is 1.77. The SMILES string of the molecule is NCC(O)c1ccc(C#Cc2ccc(CC(C(=O)NCC(F)F)c3nc[nH]c(=O)c3O)cc2)cc1. The molecule has 0 saturated carbocycles. The van der Waals surface area contributed by atoms with Gasteiger partial charge in [-0.05, 0) is 41.8 Å². The molecular formula is C25H24F2N4O4. The van der Waals surface area contributed by atoms with Crippen LogP contribution in [0.4, 0.5) is 8.78 Å². The van der Waals surface area contributed by atoms with Gasteiger partial charge in [0.25, 0.3) is 12.0 Å². The first-order valence-corrected chi connectivity index (χ1v) is 10.7. The lowest BCUT2D eigenvalue weighted by Gasteiger charge is -2.17. The van der Waals surface area contributed by atoms with Crippen LogP contribution in [0, 0.1) is 11.8 Å². The minimum atomic E-state index is -2.75. The maximum absolute atomic E-state index is 12.6. The number of H-pyrrole nitrogens is 1. The van der Waals surface area contributed by atoms with Crippen molar-refractivity contribution in [2.45, 2.75) is 24.9 Å². The zero-order chi connectivity index (χ0) is 25.4. The number of aliphatic hydroxyl groups excluding tert-OH is 1. The Hall–Kier alpha value is -4.07. The Morgan fingerprint density at radius 2 is 1.69 bits per heavy atom. The van der Waals surface area contributed by atoms with Crippen molar-refractivity contribution < 1.29 is 23.8 Å². The summed E-state index contributed by atoms with van der Waals surface area (Å²) in [6.45, 7) is -0.734. The van der Waals surface area contributed by atoms with E-state index in [0.717, 1.165) is 11.9 Å². The first-order valence-electron chi connectivity index (χ1n) is 10.7. The fourth-order valence-electron chi connectivity index (χ4n) is 3.30. The molecule has 1 aromatic heterocycles. The van der Waals surface area contributed by atoms with Crippen LogP contribution in [0.5, 0.6) is 5.75 Å². The third-order valence-electron chi connectivity index (χ3n) is 5.20. The minimum Gasteiger partial charge on any atom is -0.502 e. The summed E-state index contributed by atoms with van der Waals surface area (Å²) in [6, 6.07) is 13.9. The smallest absolute Gasteiger partial charge is 0.293 e. The van der Waals surface area contributed by atoms with E-state index >= 15 is 0 Å². The molecule has 10 heteroatoms. The summed E-state index contributed by atoms with van der Waals surface area (Å²) < 4.78 is 25.2. The molecule has 0 saturated heterocycles. The van der Waals surface area contributed by atoms with Gasteiger partial charge in [0.15, 0.2) is 0 Å². The lowest BCUT2D eigenvalue weighted by molar-refractivity contribution is -0.123. The van der Waals surface area contributed by atoms with Crippen molar-refractivity contribution in [1.29, 1.82) is 0 Å². The molecule has 0 fully saturated rings. The maximum Gasteiger partial charge on any atom is 0.293 e. The van der Waals surface area contributed by atoms with Crippen LogP contribution in [0.25, 0.3) is 0 Å². The van der Waals surface area contributed by atoms with E-state index in [1.54, 1.807) is 48.5 Å². The molecule has 2 unspecified atom stereocenters. The van der Waals surface area contributed by atoms with Gasteiger partial charge in [-0.15, -0.1) is 0 Å². The molecule has 6 N–H and O–H groups in total. The van der Waals surface area contributed by atoms with Crippen LogP contribution in [-0.2, 0) is 11.2 Å². The molecule has 0 aliphatic rings. The van der Waals surface area contributed by atoms with E-state index in [9.17, 15) is 28.6 Å². The highest BCUT2D eigenvalue weighted by molar-refractivity contribution is 5.84. The standard InChI is InChI=1S/C25H24F2N4O4/c26-21(27)13-29-24(34)19(22-23(33)25(35)31-14-30-22)11-17-5-3-15(4-6-17)1-2-16-7-9-18(10-8-16)20(32)12-28/h3-10,14,19-21,32-33H,11-13,28H2,(H,29,34)(H,30,31,35). The molecule has 0 bridgehead atoms. The number of aliphatic hydroxyl groups is 1. The molecule has 1 amide bonds. The molecular weight excluding hydrogens is 458 g/mol. The number of halogens is 2. The highest BCUT2D eigenvalue weighted by Gasteiger charge is 2.27. The molecule has 2 aromatic carbocycles. The molecule has 35 heavy (non-hydrogen) atoms. The number of nitrogens with one attached hydrogen (secondary N) is 2. The van der Waals surface area contributed by atoms with Gasteiger partial charge in [0.1, 0.15) is 5.69 Å². The van der Waals surface area contributed by atoms with Crippen LogP contribution < -0.4 is 16.6 Å². The van der Waals surface area contributed by atoms with E-state index < -0.39 is 42.2 Å². The van der Waals surface area contributed by atoms with E-state index in [-0.39, 0.29) is 18.7 Å². The maximum atomic E-state index is 12.6. The average molecular weight is 482 g/mol. The zero-order valence-corrected chi connectivity index (χ0v) is 18.5. The Labute approximate surface area is 199 Å². The Kier molecular flexibility index (Phi) is 8.67. The van der Waals surface area contributed by atoms with Crippen molar-refractivity contribution in [3.8, 4) is 17.6 Å². The Morgan fingerprint density at radius 3 is 2.26 bits per heavy atom. The monoisotopic (exact) mass is 482 g/mol. The lowest BCUT2D eigenvalue weighted by Crippen LogP contribution is -2.34. The average Bonchev–Trinajstić information content (AvgIpc) is 2.87. The van der Waals surface area contributed by atoms with Crippen LogP contribution in [0.2, 0.25) is 0 Å². The van der Waals surface area contributed by atoms with Crippen molar-refractivity contribution in [2.24, 2.45) is 5.73 Å². The second-order valence-electron chi connectivity index (χ2n) is 7.68. The highest BCUT2D eigenvalue weighted by Crippen LogP contribution is 2.24. The second-order valence-corrected chi connectivity index (χ2v) is 7.68. The van der Waals surface area contributed by atoms with Gasteiger partial charge < -0.3 is 26.2 Å². The number of carbonyl (C=O) groups is 1. The number of benzene rings is 2. The minimum absolute atomic E-state index is 0.0116. The number of hydrogen-bond donors (Lipinski definition) is 5.